The summed E-state index contributed by atoms with van der Waals surface area (Å²) in [6, 6.07) is 6.72. The number of hydrogen-bond acceptors (Lipinski definition) is 0. The Hall–Kier alpha value is -2.34. The lowest BCUT2D eigenvalue weighted by Crippen LogP contribution is -2.40. The van der Waals surface area contributed by atoms with Gasteiger partial charge in [0, 0.05) is 11.8 Å². The number of fused-ring (bicyclic) bond motifs is 4. The summed E-state index contributed by atoms with van der Waals surface area (Å²) in [5.41, 5.74) is 5.88. The molecule has 0 saturated heterocycles. The zero-order valence-electron chi connectivity index (χ0n) is 11.8. The van der Waals surface area contributed by atoms with Crippen molar-refractivity contribution in [1.82, 2.24) is 0 Å². The Morgan fingerprint density at radius 3 is 2.90 bits per heavy atom. The average Bonchev–Trinajstić information content (AvgIpc) is 2.55. The Morgan fingerprint density at radius 1 is 0.952 bits per heavy atom. The van der Waals surface area contributed by atoms with Crippen molar-refractivity contribution in [3.05, 3.63) is 94.0 Å². The summed E-state index contributed by atoms with van der Waals surface area (Å²) in [5, 5.41) is 2.88. The normalized spacial score (nSPS) is 27.1. The highest BCUT2D eigenvalue weighted by atomic mass is 14.4. The van der Waals surface area contributed by atoms with Crippen LogP contribution in [-0.4, -0.2) is 0 Å². The molecule has 0 bridgehead atoms. The van der Waals surface area contributed by atoms with E-state index in [4.69, 9.17) is 0 Å². The second-order valence-corrected chi connectivity index (χ2v) is 6.17. The molecule has 0 spiro atoms. The van der Waals surface area contributed by atoms with Crippen LogP contribution in [0.15, 0.2) is 78.0 Å². The Labute approximate surface area is 124 Å². The van der Waals surface area contributed by atoms with Crippen molar-refractivity contribution in [2.75, 3.05) is 0 Å². The van der Waals surface area contributed by atoms with E-state index < -0.39 is 0 Å². The van der Waals surface area contributed by atoms with E-state index in [9.17, 15) is 0 Å². The van der Waals surface area contributed by atoms with E-state index in [2.05, 4.69) is 72.9 Å². The Bertz CT molecular complexity index is 913. The Morgan fingerprint density at radius 2 is 1.90 bits per heavy atom. The third-order valence-electron chi connectivity index (χ3n) is 5.05. The first-order valence-corrected chi connectivity index (χ1v) is 7.69. The van der Waals surface area contributed by atoms with Crippen LogP contribution < -0.4 is 10.4 Å². The van der Waals surface area contributed by atoms with Crippen molar-refractivity contribution in [3.8, 4) is 0 Å². The zero-order valence-corrected chi connectivity index (χ0v) is 11.8. The maximum absolute atomic E-state index is 2.39. The summed E-state index contributed by atoms with van der Waals surface area (Å²) < 4.78 is 0. The van der Waals surface area contributed by atoms with Gasteiger partial charge in [0.1, 0.15) is 0 Å². The van der Waals surface area contributed by atoms with Gasteiger partial charge in [0.25, 0.3) is 0 Å². The van der Waals surface area contributed by atoms with Gasteiger partial charge >= 0.3 is 0 Å². The van der Waals surface area contributed by atoms with Gasteiger partial charge in [-0.15, -0.1) is 0 Å². The van der Waals surface area contributed by atoms with Crippen LogP contribution in [0.3, 0.4) is 0 Å². The van der Waals surface area contributed by atoms with Crippen LogP contribution in [0.5, 0.6) is 0 Å². The van der Waals surface area contributed by atoms with E-state index in [1.807, 2.05) is 0 Å². The fourth-order valence-corrected chi connectivity index (χ4v) is 4.15. The largest absolute Gasteiger partial charge is 0.0798 e. The molecule has 0 saturated carbocycles. The van der Waals surface area contributed by atoms with E-state index in [0.717, 1.165) is 6.42 Å². The number of benzene rings is 1. The van der Waals surface area contributed by atoms with E-state index >= 15 is 0 Å². The Kier molecular flexibility index (Phi) is 2.20. The molecule has 100 valence electrons. The molecule has 0 heteroatoms. The predicted molar refractivity (Wildman–Crippen MR) is 87.8 cm³/mol. The quantitative estimate of drug-likeness (QED) is 0.678. The average molecular weight is 268 g/mol. The molecule has 21 heavy (non-hydrogen) atoms. The van der Waals surface area contributed by atoms with E-state index in [1.165, 1.54) is 32.7 Å². The molecular formula is C21H16. The van der Waals surface area contributed by atoms with E-state index in [1.54, 1.807) is 0 Å². The molecule has 1 aromatic carbocycles. The molecule has 0 aromatic heterocycles. The van der Waals surface area contributed by atoms with Crippen molar-refractivity contribution in [2.24, 2.45) is 11.8 Å². The minimum atomic E-state index is 0.483. The van der Waals surface area contributed by atoms with Gasteiger partial charge in [-0.2, -0.15) is 0 Å². The summed E-state index contributed by atoms with van der Waals surface area (Å²) in [6.07, 6.45) is 21.7. The summed E-state index contributed by atoms with van der Waals surface area (Å²) in [5.74, 6) is 0.974. The van der Waals surface area contributed by atoms with Gasteiger partial charge in [-0.05, 0) is 39.1 Å². The number of rotatable bonds is 0. The van der Waals surface area contributed by atoms with Crippen molar-refractivity contribution in [2.45, 2.75) is 6.42 Å². The van der Waals surface area contributed by atoms with Gasteiger partial charge in [0.2, 0.25) is 0 Å². The topological polar surface area (TPSA) is 0 Å². The van der Waals surface area contributed by atoms with Crippen molar-refractivity contribution < 1.29 is 0 Å². The van der Waals surface area contributed by atoms with Crippen LogP contribution >= 0.6 is 0 Å². The summed E-state index contributed by atoms with van der Waals surface area (Å²) in [4.78, 5) is 0. The minimum absolute atomic E-state index is 0.483. The molecule has 0 fully saturated rings. The summed E-state index contributed by atoms with van der Waals surface area (Å²) in [7, 11) is 0. The van der Waals surface area contributed by atoms with Gasteiger partial charge in [0.15, 0.2) is 0 Å². The van der Waals surface area contributed by atoms with Crippen molar-refractivity contribution >= 4 is 11.6 Å². The molecular weight excluding hydrogens is 252 g/mol. The van der Waals surface area contributed by atoms with Crippen LogP contribution in [0.1, 0.15) is 5.56 Å². The third-order valence-corrected chi connectivity index (χ3v) is 5.05. The Balaban J connectivity index is 1.87. The molecule has 0 aliphatic heterocycles. The van der Waals surface area contributed by atoms with Gasteiger partial charge < -0.3 is 0 Å². The van der Waals surface area contributed by atoms with Gasteiger partial charge in [-0.25, -0.2) is 0 Å². The molecule has 2 atom stereocenters. The maximum atomic E-state index is 2.39. The second-order valence-electron chi connectivity index (χ2n) is 6.17. The highest BCUT2D eigenvalue weighted by molar-refractivity contribution is 5.76. The second kappa shape index (κ2) is 4.08. The molecule has 1 aromatic rings. The molecule has 0 amide bonds. The fraction of sp³-hybridized carbons (Fsp3) is 0.143. The lowest BCUT2D eigenvalue weighted by Gasteiger charge is -2.35. The SMILES string of the molecule is C1=CC2=CC=C3C=c4cccc5c4=C(C=CC5)C3C2C=C1. The monoisotopic (exact) mass is 268 g/mol. The van der Waals surface area contributed by atoms with Crippen molar-refractivity contribution in [3.63, 3.8) is 0 Å². The smallest absolute Gasteiger partial charge is 0.0199 e. The highest BCUT2D eigenvalue weighted by Gasteiger charge is 2.32. The number of allylic oxidation sites excluding steroid dienone is 10. The predicted octanol–water partition coefficient (Wildman–Crippen LogP) is 2.97. The number of hydrogen-bond donors (Lipinski definition) is 0. The van der Waals surface area contributed by atoms with Crippen LogP contribution in [0.25, 0.3) is 11.6 Å². The molecule has 4 aliphatic carbocycles. The van der Waals surface area contributed by atoms with Gasteiger partial charge in [0.05, 0.1) is 0 Å². The fourth-order valence-electron chi connectivity index (χ4n) is 4.15. The van der Waals surface area contributed by atoms with E-state index in [-0.39, 0.29) is 0 Å². The lowest BCUT2D eigenvalue weighted by atomic mass is 9.68. The summed E-state index contributed by atoms with van der Waals surface area (Å²) >= 11 is 0. The molecule has 2 unspecified atom stereocenters. The molecule has 4 aliphatic rings. The van der Waals surface area contributed by atoms with Gasteiger partial charge in [-0.3, -0.25) is 0 Å². The maximum Gasteiger partial charge on any atom is 0.0199 e. The molecule has 5 rings (SSSR count). The first-order chi connectivity index (χ1) is 10.4. The molecule has 0 radical (unpaired) electrons. The molecule has 0 nitrogen and oxygen atoms in total. The molecule has 0 heterocycles. The zero-order chi connectivity index (χ0) is 13.8. The standard InChI is InChI=1S/C21H16/c1-2-9-18-14(5-1)11-12-17-13-16-8-3-6-15-7-4-10-19(20(15)16)21(17)18/h1-6,8-13,18,21H,7H2. The van der Waals surface area contributed by atoms with Crippen molar-refractivity contribution in [1.29, 1.82) is 0 Å². The van der Waals surface area contributed by atoms with E-state index in [0.29, 0.717) is 11.8 Å². The first-order valence-electron chi connectivity index (χ1n) is 7.69. The minimum Gasteiger partial charge on any atom is -0.0798 e. The van der Waals surface area contributed by atoms with Crippen LogP contribution in [0.2, 0.25) is 0 Å². The van der Waals surface area contributed by atoms with Crippen LogP contribution in [-0.2, 0) is 6.42 Å². The van der Waals surface area contributed by atoms with Gasteiger partial charge in [-0.1, -0.05) is 72.9 Å². The molecule has 0 N–H and O–H groups in total. The first kappa shape index (κ1) is 11.3. The lowest BCUT2D eigenvalue weighted by molar-refractivity contribution is 0.634. The highest BCUT2D eigenvalue weighted by Crippen LogP contribution is 2.42. The van der Waals surface area contributed by atoms with Crippen LogP contribution in [0.4, 0.5) is 0 Å². The summed E-state index contributed by atoms with van der Waals surface area (Å²) in [6.45, 7) is 0. The van der Waals surface area contributed by atoms with Crippen LogP contribution in [0, 0.1) is 11.8 Å². The third kappa shape index (κ3) is 1.50.